The fourth-order valence-corrected chi connectivity index (χ4v) is 1.59. The third-order valence-corrected chi connectivity index (χ3v) is 2.58. The van der Waals surface area contributed by atoms with Crippen molar-refractivity contribution in [2.75, 3.05) is 0 Å². The summed E-state index contributed by atoms with van der Waals surface area (Å²) in [6.07, 6.45) is 2.31. The lowest BCUT2D eigenvalue weighted by Gasteiger charge is -2.09. The van der Waals surface area contributed by atoms with Crippen LogP contribution in [0.15, 0.2) is 12.1 Å². The monoisotopic (exact) mass is 162 g/mol. The molecule has 1 aromatic rings. The molecule has 0 radical (unpaired) electrons. The molecule has 0 aliphatic carbocycles. The first-order chi connectivity index (χ1) is 5.69. The van der Waals surface area contributed by atoms with Crippen LogP contribution in [-0.2, 0) is 12.8 Å². The van der Waals surface area contributed by atoms with Crippen LogP contribution in [0.4, 0.5) is 0 Å². The zero-order valence-electron chi connectivity index (χ0n) is 8.57. The highest BCUT2D eigenvalue weighted by atomic mass is 14.1. The SMILES string of the molecule is CCc1cc(C)c(C)cc1CC. The molecule has 0 unspecified atom stereocenters. The Bertz CT molecular complexity index is 243. The summed E-state index contributed by atoms with van der Waals surface area (Å²) in [6.45, 7) is 8.83. The van der Waals surface area contributed by atoms with Gasteiger partial charge >= 0.3 is 0 Å². The summed E-state index contributed by atoms with van der Waals surface area (Å²) in [7, 11) is 0. The summed E-state index contributed by atoms with van der Waals surface area (Å²) in [6, 6.07) is 4.66. The van der Waals surface area contributed by atoms with E-state index in [2.05, 4.69) is 39.8 Å². The highest BCUT2D eigenvalue weighted by Gasteiger charge is 2.01. The van der Waals surface area contributed by atoms with E-state index in [1.54, 1.807) is 0 Å². The van der Waals surface area contributed by atoms with Gasteiger partial charge in [0.2, 0.25) is 0 Å². The van der Waals surface area contributed by atoms with Gasteiger partial charge in [-0.15, -0.1) is 0 Å². The summed E-state index contributed by atoms with van der Waals surface area (Å²) in [5.41, 5.74) is 5.87. The highest BCUT2D eigenvalue weighted by molar-refractivity contribution is 5.37. The van der Waals surface area contributed by atoms with Crippen LogP contribution < -0.4 is 0 Å². The van der Waals surface area contributed by atoms with Gasteiger partial charge in [-0.25, -0.2) is 0 Å². The molecule has 1 rings (SSSR count). The molecule has 0 amide bonds. The highest BCUT2D eigenvalue weighted by Crippen LogP contribution is 2.16. The molecule has 0 saturated heterocycles. The van der Waals surface area contributed by atoms with Crippen molar-refractivity contribution in [3.05, 3.63) is 34.4 Å². The maximum absolute atomic E-state index is 2.33. The van der Waals surface area contributed by atoms with Gasteiger partial charge in [0.1, 0.15) is 0 Å². The van der Waals surface area contributed by atoms with Gasteiger partial charge in [-0.05, 0) is 48.9 Å². The number of hydrogen-bond donors (Lipinski definition) is 0. The van der Waals surface area contributed by atoms with Crippen molar-refractivity contribution in [3.63, 3.8) is 0 Å². The van der Waals surface area contributed by atoms with Crippen LogP contribution >= 0.6 is 0 Å². The Labute approximate surface area is 75.6 Å². The fourth-order valence-electron chi connectivity index (χ4n) is 1.59. The van der Waals surface area contributed by atoms with Crippen LogP contribution in [0.3, 0.4) is 0 Å². The second-order valence-electron chi connectivity index (χ2n) is 3.41. The van der Waals surface area contributed by atoms with E-state index in [4.69, 9.17) is 0 Å². The summed E-state index contributed by atoms with van der Waals surface area (Å²) < 4.78 is 0. The van der Waals surface area contributed by atoms with E-state index in [-0.39, 0.29) is 0 Å². The minimum Gasteiger partial charge on any atom is -0.0613 e. The molecule has 0 aliphatic heterocycles. The van der Waals surface area contributed by atoms with Crippen molar-refractivity contribution >= 4 is 0 Å². The van der Waals surface area contributed by atoms with Gasteiger partial charge in [-0.1, -0.05) is 26.0 Å². The van der Waals surface area contributed by atoms with Crippen LogP contribution in [0.1, 0.15) is 36.1 Å². The van der Waals surface area contributed by atoms with E-state index < -0.39 is 0 Å². The van der Waals surface area contributed by atoms with Gasteiger partial charge in [-0.3, -0.25) is 0 Å². The molecular weight excluding hydrogens is 144 g/mol. The molecule has 0 fully saturated rings. The number of aryl methyl sites for hydroxylation is 4. The Morgan fingerprint density at radius 3 is 1.42 bits per heavy atom. The number of rotatable bonds is 2. The van der Waals surface area contributed by atoms with Crippen LogP contribution in [0, 0.1) is 13.8 Å². The summed E-state index contributed by atoms with van der Waals surface area (Å²) in [5.74, 6) is 0. The van der Waals surface area contributed by atoms with Crippen molar-refractivity contribution in [3.8, 4) is 0 Å². The number of hydrogen-bond acceptors (Lipinski definition) is 0. The van der Waals surface area contributed by atoms with Gasteiger partial charge in [0.15, 0.2) is 0 Å². The van der Waals surface area contributed by atoms with Crippen LogP contribution in [0.2, 0.25) is 0 Å². The van der Waals surface area contributed by atoms with Gasteiger partial charge in [0.25, 0.3) is 0 Å². The third-order valence-electron chi connectivity index (χ3n) is 2.58. The van der Waals surface area contributed by atoms with E-state index in [0.29, 0.717) is 0 Å². The lowest BCUT2D eigenvalue weighted by molar-refractivity contribution is 1.02. The van der Waals surface area contributed by atoms with Crippen molar-refractivity contribution in [2.45, 2.75) is 40.5 Å². The molecular formula is C12H18. The minimum absolute atomic E-state index is 1.16. The molecule has 0 saturated carbocycles. The molecule has 0 heterocycles. The smallest absolute Gasteiger partial charge is 0.0305 e. The normalized spacial score (nSPS) is 10.3. The van der Waals surface area contributed by atoms with E-state index in [9.17, 15) is 0 Å². The summed E-state index contributed by atoms with van der Waals surface area (Å²) in [4.78, 5) is 0. The molecule has 0 atom stereocenters. The average Bonchev–Trinajstić information content (AvgIpc) is 2.09. The molecule has 0 spiro atoms. The molecule has 0 heteroatoms. The Morgan fingerprint density at radius 1 is 0.833 bits per heavy atom. The van der Waals surface area contributed by atoms with Crippen molar-refractivity contribution in [1.29, 1.82) is 0 Å². The molecule has 0 N–H and O–H groups in total. The van der Waals surface area contributed by atoms with E-state index in [1.807, 2.05) is 0 Å². The van der Waals surface area contributed by atoms with Crippen LogP contribution in [-0.4, -0.2) is 0 Å². The Morgan fingerprint density at radius 2 is 1.17 bits per heavy atom. The first-order valence-corrected chi connectivity index (χ1v) is 4.78. The van der Waals surface area contributed by atoms with Gasteiger partial charge < -0.3 is 0 Å². The fraction of sp³-hybridized carbons (Fsp3) is 0.500. The van der Waals surface area contributed by atoms with Gasteiger partial charge in [-0.2, -0.15) is 0 Å². The quantitative estimate of drug-likeness (QED) is 0.625. The topological polar surface area (TPSA) is 0 Å². The molecule has 1 aromatic carbocycles. The predicted molar refractivity (Wildman–Crippen MR) is 54.7 cm³/mol. The molecule has 0 aromatic heterocycles. The number of benzene rings is 1. The standard InChI is InChI=1S/C12H18/c1-5-11-7-9(3)10(4)8-12(11)6-2/h7-8H,5-6H2,1-4H3. The maximum atomic E-state index is 2.33. The molecule has 66 valence electrons. The van der Waals surface area contributed by atoms with Gasteiger partial charge in [0, 0.05) is 0 Å². The Hall–Kier alpha value is -0.780. The maximum Gasteiger partial charge on any atom is -0.0305 e. The van der Waals surface area contributed by atoms with E-state index >= 15 is 0 Å². The summed E-state index contributed by atoms with van der Waals surface area (Å²) >= 11 is 0. The molecule has 0 bridgehead atoms. The lowest BCUT2D eigenvalue weighted by atomic mass is 9.97. The summed E-state index contributed by atoms with van der Waals surface area (Å²) in [5, 5.41) is 0. The minimum atomic E-state index is 1.16. The first kappa shape index (κ1) is 9.31. The third kappa shape index (κ3) is 1.69. The van der Waals surface area contributed by atoms with Crippen molar-refractivity contribution in [1.82, 2.24) is 0 Å². The van der Waals surface area contributed by atoms with E-state index in [1.165, 1.54) is 22.3 Å². The second-order valence-corrected chi connectivity index (χ2v) is 3.41. The molecule has 12 heavy (non-hydrogen) atoms. The van der Waals surface area contributed by atoms with Crippen LogP contribution in [0.25, 0.3) is 0 Å². The lowest BCUT2D eigenvalue weighted by Crippen LogP contribution is -1.94. The van der Waals surface area contributed by atoms with Crippen molar-refractivity contribution < 1.29 is 0 Å². The van der Waals surface area contributed by atoms with E-state index in [0.717, 1.165) is 12.8 Å². The van der Waals surface area contributed by atoms with Crippen molar-refractivity contribution in [2.24, 2.45) is 0 Å². The second kappa shape index (κ2) is 3.75. The first-order valence-electron chi connectivity index (χ1n) is 4.78. The predicted octanol–water partition coefficient (Wildman–Crippen LogP) is 3.43. The Kier molecular flexibility index (Phi) is 2.91. The Balaban J connectivity index is 3.19. The molecule has 0 aliphatic rings. The zero-order valence-corrected chi connectivity index (χ0v) is 8.57. The molecule has 0 nitrogen and oxygen atoms in total. The van der Waals surface area contributed by atoms with Crippen LogP contribution in [0.5, 0.6) is 0 Å². The zero-order chi connectivity index (χ0) is 9.14. The average molecular weight is 162 g/mol. The largest absolute Gasteiger partial charge is 0.0613 e. The van der Waals surface area contributed by atoms with Gasteiger partial charge in [0.05, 0.1) is 0 Å².